The molecular weight excluding hydrogens is 585 g/mol. The van der Waals surface area contributed by atoms with Gasteiger partial charge in [-0.3, -0.25) is 9.55 Å². The molecule has 4 heteroatoms. The molecule has 1 N–H and O–H groups in total. The van der Waals surface area contributed by atoms with E-state index in [0.717, 1.165) is 61.5 Å². The van der Waals surface area contributed by atoms with Crippen LogP contribution < -0.4 is 0 Å². The minimum absolute atomic E-state index is 0.899. The second-order valence-electron chi connectivity index (χ2n) is 12.3. The van der Waals surface area contributed by atoms with E-state index in [9.17, 15) is 0 Å². The van der Waals surface area contributed by atoms with Gasteiger partial charge >= 0.3 is 0 Å². The number of hydrogen-bond donors (Lipinski definition) is 1. The molecule has 3 heterocycles. The SMILES string of the molecule is c1ccc(-c2cc(-c3cccc4c3nc(-c3cccc5c3[nH]c3ccccc35)n4-c3cccc4ccccc34)c3ccccc3c2)nc1. The van der Waals surface area contributed by atoms with Gasteiger partial charge in [-0.05, 0) is 70.3 Å². The maximum absolute atomic E-state index is 5.60. The lowest BCUT2D eigenvalue weighted by molar-refractivity contribution is 1.12. The Morgan fingerprint density at radius 2 is 1.21 bits per heavy atom. The largest absolute Gasteiger partial charge is 0.354 e. The molecule has 0 aliphatic rings. The standard InChI is InChI=1S/C44H28N4/c1-4-16-32-28(12-1)14-9-23-40(32)48-41-24-11-19-35(37-27-30(38-21-7-8-25-45-38)26-29-13-2-3-15-31(29)37)43(41)47-44(48)36-20-10-18-34-33-17-5-6-22-39(33)46-42(34)36/h1-27,46H. The van der Waals surface area contributed by atoms with Crippen molar-refractivity contribution < 1.29 is 0 Å². The summed E-state index contributed by atoms with van der Waals surface area (Å²) in [5, 5.41) is 7.12. The maximum atomic E-state index is 5.60. The topological polar surface area (TPSA) is 46.5 Å². The number of rotatable bonds is 4. The third-order valence-electron chi connectivity index (χ3n) is 9.59. The Labute approximate surface area is 276 Å². The molecule has 0 amide bonds. The van der Waals surface area contributed by atoms with E-state index in [4.69, 9.17) is 9.97 Å². The Hall–Kier alpha value is -6.52. The van der Waals surface area contributed by atoms with Gasteiger partial charge in [0.1, 0.15) is 5.82 Å². The van der Waals surface area contributed by atoms with Crippen LogP contribution in [0.3, 0.4) is 0 Å². The van der Waals surface area contributed by atoms with E-state index in [1.807, 2.05) is 18.3 Å². The monoisotopic (exact) mass is 612 g/mol. The van der Waals surface area contributed by atoms with Crippen molar-refractivity contribution in [3.8, 4) is 39.5 Å². The highest BCUT2D eigenvalue weighted by Gasteiger charge is 2.22. The highest BCUT2D eigenvalue weighted by atomic mass is 15.1. The van der Waals surface area contributed by atoms with E-state index in [0.29, 0.717) is 0 Å². The van der Waals surface area contributed by atoms with Gasteiger partial charge in [0, 0.05) is 44.6 Å². The van der Waals surface area contributed by atoms with Crippen LogP contribution in [0.15, 0.2) is 164 Å². The molecule has 3 aromatic heterocycles. The van der Waals surface area contributed by atoms with Crippen LogP contribution in [0.25, 0.3) is 93.8 Å². The predicted octanol–water partition coefficient (Wildman–Crippen LogP) is 11.4. The number of fused-ring (bicyclic) bond motifs is 6. The number of hydrogen-bond acceptors (Lipinski definition) is 2. The molecule has 0 saturated heterocycles. The molecule has 48 heavy (non-hydrogen) atoms. The number of para-hydroxylation sites is 3. The molecule has 7 aromatic carbocycles. The average molecular weight is 613 g/mol. The number of aromatic nitrogens is 4. The number of H-pyrrole nitrogens is 1. The van der Waals surface area contributed by atoms with Crippen molar-refractivity contribution in [3.63, 3.8) is 0 Å². The zero-order valence-electron chi connectivity index (χ0n) is 25.9. The molecule has 10 aromatic rings. The van der Waals surface area contributed by atoms with Gasteiger partial charge in [-0.15, -0.1) is 0 Å². The Morgan fingerprint density at radius 1 is 0.500 bits per heavy atom. The van der Waals surface area contributed by atoms with E-state index in [1.165, 1.54) is 32.3 Å². The van der Waals surface area contributed by atoms with Crippen LogP contribution in [0.4, 0.5) is 0 Å². The van der Waals surface area contributed by atoms with Crippen molar-refractivity contribution in [2.24, 2.45) is 0 Å². The lowest BCUT2D eigenvalue weighted by Crippen LogP contribution is -1.99. The molecule has 0 radical (unpaired) electrons. The van der Waals surface area contributed by atoms with Gasteiger partial charge in [0.15, 0.2) is 0 Å². The summed E-state index contributed by atoms with van der Waals surface area (Å²) in [5.74, 6) is 0.899. The Bertz CT molecular complexity index is 2840. The molecule has 224 valence electrons. The first-order valence-electron chi connectivity index (χ1n) is 16.3. The van der Waals surface area contributed by atoms with Gasteiger partial charge in [0.2, 0.25) is 0 Å². The molecule has 0 aliphatic carbocycles. The van der Waals surface area contributed by atoms with Gasteiger partial charge in [-0.25, -0.2) is 4.98 Å². The summed E-state index contributed by atoms with van der Waals surface area (Å²) >= 11 is 0. The first kappa shape index (κ1) is 26.7. The van der Waals surface area contributed by atoms with Crippen molar-refractivity contribution in [1.29, 1.82) is 0 Å². The van der Waals surface area contributed by atoms with Crippen LogP contribution in [0, 0.1) is 0 Å². The van der Waals surface area contributed by atoms with E-state index in [2.05, 4.69) is 155 Å². The lowest BCUT2D eigenvalue weighted by Gasteiger charge is -2.14. The van der Waals surface area contributed by atoms with Crippen LogP contribution in [0.5, 0.6) is 0 Å². The summed E-state index contributed by atoms with van der Waals surface area (Å²) in [6.45, 7) is 0. The summed E-state index contributed by atoms with van der Waals surface area (Å²) < 4.78 is 2.35. The fraction of sp³-hybridized carbons (Fsp3) is 0. The van der Waals surface area contributed by atoms with Crippen LogP contribution in [-0.4, -0.2) is 19.5 Å². The van der Waals surface area contributed by atoms with Crippen molar-refractivity contribution in [2.75, 3.05) is 0 Å². The molecule has 0 saturated carbocycles. The van der Waals surface area contributed by atoms with Crippen LogP contribution in [0.2, 0.25) is 0 Å². The molecule has 0 unspecified atom stereocenters. The maximum Gasteiger partial charge on any atom is 0.147 e. The summed E-state index contributed by atoms with van der Waals surface area (Å²) in [6, 6.07) is 55.9. The van der Waals surface area contributed by atoms with E-state index >= 15 is 0 Å². The second-order valence-corrected chi connectivity index (χ2v) is 12.3. The normalized spacial score (nSPS) is 11.8. The minimum Gasteiger partial charge on any atom is -0.354 e. The van der Waals surface area contributed by atoms with Gasteiger partial charge in [-0.1, -0.05) is 109 Å². The highest BCUT2D eigenvalue weighted by molar-refractivity contribution is 6.13. The van der Waals surface area contributed by atoms with Crippen molar-refractivity contribution in [2.45, 2.75) is 0 Å². The van der Waals surface area contributed by atoms with Crippen LogP contribution in [0.1, 0.15) is 0 Å². The fourth-order valence-corrected chi connectivity index (χ4v) is 7.42. The smallest absolute Gasteiger partial charge is 0.147 e. The first-order valence-corrected chi connectivity index (χ1v) is 16.3. The third kappa shape index (κ3) is 4.03. The van der Waals surface area contributed by atoms with E-state index in [-0.39, 0.29) is 0 Å². The Morgan fingerprint density at radius 3 is 2.10 bits per heavy atom. The molecule has 0 fully saturated rings. The van der Waals surface area contributed by atoms with Crippen molar-refractivity contribution in [3.05, 3.63) is 164 Å². The summed E-state index contributed by atoms with van der Waals surface area (Å²) in [5.41, 5.74) is 10.6. The minimum atomic E-state index is 0.899. The summed E-state index contributed by atoms with van der Waals surface area (Å²) in [6.07, 6.45) is 1.85. The zero-order valence-corrected chi connectivity index (χ0v) is 25.9. The average Bonchev–Trinajstić information content (AvgIpc) is 3.73. The molecular formula is C44H28N4. The molecule has 10 rings (SSSR count). The van der Waals surface area contributed by atoms with E-state index < -0.39 is 0 Å². The van der Waals surface area contributed by atoms with Crippen LogP contribution in [-0.2, 0) is 0 Å². The predicted molar refractivity (Wildman–Crippen MR) is 200 cm³/mol. The zero-order chi connectivity index (χ0) is 31.6. The van der Waals surface area contributed by atoms with Gasteiger partial charge < -0.3 is 4.98 Å². The molecule has 0 spiro atoms. The van der Waals surface area contributed by atoms with Gasteiger partial charge in [-0.2, -0.15) is 0 Å². The van der Waals surface area contributed by atoms with Crippen LogP contribution >= 0.6 is 0 Å². The van der Waals surface area contributed by atoms with E-state index in [1.54, 1.807) is 0 Å². The number of pyridine rings is 1. The molecule has 0 aliphatic heterocycles. The Balaban J connectivity index is 1.33. The number of benzene rings is 7. The molecule has 4 nitrogen and oxygen atoms in total. The number of nitrogens with zero attached hydrogens (tertiary/aromatic N) is 3. The first-order chi connectivity index (χ1) is 23.8. The van der Waals surface area contributed by atoms with Gasteiger partial charge in [0.05, 0.1) is 27.9 Å². The number of imidazole rings is 1. The summed E-state index contributed by atoms with van der Waals surface area (Å²) in [4.78, 5) is 14.0. The fourth-order valence-electron chi connectivity index (χ4n) is 7.42. The third-order valence-corrected chi connectivity index (χ3v) is 9.59. The lowest BCUT2D eigenvalue weighted by atomic mass is 9.93. The number of nitrogens with one attached hydrogen (secondary N) is 1. The van der Waals surface area contributed by atoms with Crippen molar-refractivity contribution in [1.82, 2.24) is 19.5 Å². The number of aromatic amines is 1. The summed E-state index contributed by atoms with van der Waals surface area (Å²) in [7, 11) is 0. The van der Waals surface area contributed by atoms with Crippen molar-refractivity contribution >= 4 is 54.4 Å². The van der Waals surface area contributed by atoms with Gasteiger partial charge in [0.25, 0.3) is 0 Å². The Kier molecular flexibility index (Phi) is 5.84. The highest BCUT2D eigenvalue weighted by Crippen LogP contribution is 2.42. The second kappa shape index (κ2) is 10.5. The quantitative estimate of drug-likeness (QED) is 0.215. The molecule has 0 atom stereocenters. The molecule has 0 bridgehead atoms.